The molecule has 1 aliphatic heterocycles. The van der Waals surface area contributed by atoms with Gasteiger partial charge in [-0.2, -0.15) is 0 Å². The second kappa shape index (κ2) is 31.2. The Kier molecular flexibility index (Phi) is 29.1. The summed E-state index contributed by atoms with van der Waals surface area (Å²) in [6.07, 6.45) is 24.2. The van der Waals surface area contributed by atoms with Crippen LogP contribution in [-0.2, 0) is 14.3 Å². The third-order valence-electron chi connectivity index (χ3n) is 9.64. The van der Waals surface area contributed by atoms with Crippen LogP contribution in [0.5, 0.6) is 0 Å². The first-order valence-corrected chi connectivity index (χ1v) is 20.2. The SMILES string of the molecule is CCCCCCCCCCC/C=C/CC/C=C/C(O)C(COC1OC(CO)C(O)C(O)C1O)NC(=O)C(O)CCCCCCCCCCCC. The van der Waals surface area contributed by atoms with Crippen LogP contribution in [-0.4, -0.2) is 98.7 Å². The van der Waals surface area contributed by atoms with Crippen molar-refractivity contribution >= 4 is 5.91 Å². The van der Waals surface area contributed by atoms with Gasteiger partial charge in [-0.05, 0) is 32.1 Å². The minimum Gasteiger partial charge on any atom is -0.394 e. The average molecular weight is 714 g/mol. The highest BCUT2D eigenvalue weighted by Crippen LogP contribution is 2.22. The lowest BCUT2D eigenvalue weighted by atomic mass is 9.99. The Balaban J connectivity index is 2.54. The van der Waals surface area contributed by atoms with Crippen molar-refractivity contribution in [2.45, 2.75) is 210 Å². The molecule has 7 N–H and O–H groups in total. The number of ether oxygens (including phenoxy) is 2. The topological polar surface area (TPSA) is 169 Å². The molecule has 0 bridgehead atoms. The number of aliphatic hydroxyl groups is 6. The second-order valence-corrected chi connectivity index (χ2v) is 14.2. The van der Waals surface area contributed by atoms with E-state index in [9.17, 15) is 35.4 Å². The molecule has 0 radical (unpaired) electrons. The van der Waals surface area contributed by atoms with Crippen molar-refractivity contribution in [2.75, 3.05) is 13.2 Å². The maximum absolute atomic E-state index is 12.9. The van der Waals surface area contributed by atoms with Gasteiger partial charge >= 0.3 is 0 Å². The van der Waals surface area contributed by atoms with E-state index in [-0.39, 0.29) is 6.61 Å². The molecule has 8 unspecified atom stereocenters. The molecule has 10 heteroatoms. The molecular weight excluding hydrogens is 638 g/mol. The zero-order chi connectivity index (χ0) is 36.8. The van der Waals surface area contributed by atoms with E-state index in [2.05, 4.69) is 31.3 Å². The summed E-state index contributed by atoms with van der Waals surface area (Å²) in [4.78, 5) is 12.9. The number of carbonyl (C=O) groups excluding carboxylic acids is 1. The molecule has 0 aromatic carbocycles. The Morgan fingerprint density at radius 1 is 0.680 bits per heavy atom. The number of amides is 1. The van der Waals surface area contributed by atoms with Gasteiger partial charge in [-0.1, -0.05) is 154 Å². The Labute approximate surface area is 303 Å². The van der Waals surface area contributed by atoms with Gasteiger partial charge < -0.3 is 45.4 Å². The van der Waals surface area contributed by atoms with Crippen LogP contribution in [0.4, 0.5) is 0 Å². The molecule has 294 valence electrons. The van der Waals surface area contributed by atoms with Gasteiger partial charge in [-0.3, -0.25) is 4.79 Å². The first-order chi connectivity index (χ1) is 24.3. The summed E-state index contributed by atoms with van der Waals surface area (Å²) < 4.78 is 11.1. The van der Waals surface area contributed by atoms with Crippen LogP contribution >= 0.6 is 0 Å². The van der Waals surface area contributed by atoms with Gasteiger partial charge in [0.15, 0.2) is 6.29 Å². The molecule has 1 saturated heterocycles. The molecule has 0 aliphatic carbocycles. The van der Waals surface area contributed by atoms with E-state index < -0.39 is 61.5 Å². The highest BCUT2D eigenvalue weighted by molar-refractivity contribution is 5.80. The lowest BCUT2D eigenvalue weighted by molar-refractivity contribution is -0.302. The van der Waals surface area contributed by atoms with Gasteiger partial charge in [0, 0.05) is 0 Å². The van der Waals surface area contributed by atoms with Crippen LogP contribution < -0.4 is 5.32 Å². The van der Waals surface area contributed by atoms with E-state index in [1.165, 1.54) is 96.3 Å². The molecule has 0 aromatic heterocycles. The Morgan fingerprint density at radius 2 is 1.18 bits per heavy atom. The molecule has 1 heterocycles. The van der Waals surface area contributed by atoms with Crippen LogP contribution in [0.15, 0.2) is 24.3 Å². The molecule has 10 nitrogen and oxygen atoms in total. The van der Waals surface area contributed by atoms with Gasteiger partial charge in [0.05, 0.1) is 25.4 Å². The monoisotopic (exact) mass is 714 g/mol. The van der Waals surface area contributed by atoms with Crippen LogP contribution in [0.25, 0.3) is 0 Å². The third kappa shape index (κ3) is 21.9. The summed E-state index contributed by atoms with van der Waals surface area (Å²) in [5.74, 6) is -0.629. The zero-order valence-corrected chi connectivity index (χ0v) is 31.5. The highest BCUT2D eigenvalue weighted by Gasteiger charge is 2.44. The number of hydrogen-bond donors (Lipinski definition) is 7. The van der Waals surface area contributed by atoms with Gasteiger partial charge in [0.25, 0.3) is 0 Å². The lowest BCUT2D eigenvalue weighted by Crippen LogP contribution is -2.60. The molecule has 1 aliphatic rings. The summed E-state index contributed by atoms with van der Waals surface area (Å²) in [7, 11) is 0. The third-order valence-corrected chi connectivity index (χ3v) is 9.64. The summed E-state index contributed by atoms with van der Waals surface area (Å²) >= 11 is 0. The zero-order valence-electron chi connectivity index (χ0n) is 31.5. The fourth-order valence-electron chi connectivity index (χ4n) is 6.24. The van der Waals surface area contributed by atoms with Crippen LogP contribution in [0.3, 0.4) is 0 Å². The van der Waals surface area contributed by atoms with Gasteiger partial charge in [-0.25, -0.2) is 0 Å². The van der Waals surface area contributed by atoms with Gasteiger partial charge in [0.2, 0.25) is 5.91 Å². The quantitative estimate of drug-likeness (QED) is 0.0320. The molecule has 8 atom stereocenters. The number of allylic oxidation sites excluding steroid dienone is 3. The van der Waals surface area contributed by atoms with Crippen molar-refractivity contribution in [3.05, 3.63) is 24.3 Å². The number of aliphatic hydroxyl groups excluding tert-OH is 6. The van der Waals surface area contributed by atoms with Crippen molar-refractivity contribution in [1.29, 1.82) is 0 Å². The summed E-state index contributed by atoms with van der Waals surface area (Å²) in [5.41, 5.74) is 0. The van der Waals surface area contributed by atoms with E-state index in [4.69, 9.17) is 9.47 Å². The predicted molar refractivity (Wildman–Crippen MR) is 199 cm³/mol. The van der Waals surface area contributed by atoms with E-state index in [0.717, 1.165) is 32.1 Å². The number of hydrogen-bond acceptors (Lipinski definition) is 9. The van der Waals surface area contributed by atoms with Crippen molar-refractivity contribution < 1.29 is 44.9 Å². The number of carbonyl (C=O) groups is 1. The van der Waals surface area contributed by atoms with Crippen LogP contribution in [0.2, 0.25) is 0 Å². The number of rotatable bonds is 32. The molecule has 1 amide bonds. The maximum atomic E-state index is 12.9. The normalized spacial score (nSPS) is 23.1. The first kappa shape index (κ1) is 46.7. The summed E-state index contributed by atoms with van der Waals surface area (Å²) in [6.45, 7) is 3.54. The Morgan fingerprint density at radius 3 is 1.74 bits per heavy atom. The number of unbranched alkanes of at least 4 members (excludes halogenated alkanes) is 19. The minimum absolute atomic E-state index is 0.305. The molecule has 0 spiro atoms. The minimum atomic E-state index is -1.61. The molecule has 50 heavy (non-hydrogen) atoms. The van der Waals surface area contributed by atoms with E-state index in [1.807, 2.05) is 6.08 Å². The summed E-state index contributed by atoms with van der Waals surface area (Å²) in [5, 5.41) is 64.3. The van der Waals surface area contributed by atoms with Crippen LogP contribution in [0, 0.1) is 0 Å². The largest absolute Gasteiger partial charge is 0.394 e. The van der Waals surface area contributed by atoms with Gasteiger partial charge in [-0.15, -0.1) is 0 Å². The van der Waals surface area contributed by atoms with Crippen LogP contribution in [0.1, 0.15) is 162 Å². The predicted octanol–water partition coefficient (Wildman–Crippen LogP) is 6.13. The molecule has 0 saturated carbocycles. The van der Waals surface area contributed by atoms with E-state index >= 15 is 0 Å². The molecule has 1 rings (SSSR count). The first-order valence-electron chi connectivity index (χ1n) is 20.2. The van der Waals surface area contributed by atoms with Gasteiger partial charge in [0.1, 0.15) is 30.5 Å². The molecule has 0 aromatic rings. The molecular formula is C40H75NO9. The second-order valence-electron chi connectivity index (χ2n) is 14.2. The van der Waals surface area contributed by atoms with Crippen molar-refractivity contribution in [2.24, 2.45) is 0 Å². The fraction of sp³-hybridized carbons (Fsp3) is 0.875. The van der Waals surface area contributed by atoms with E-state index in [0.29, 0.717) is 19.3 Å². The maximum Gasteiger partial charge on any atom is 0.249 e. The fourth-order valence-corrected chi connectivity index (χ4v) is 6.24. The number of nitrogens with one attached hydrogen (secondary N) is 1. The highest BCUT2D eigenvalue weighted by atomic mass is 16.7. The molecule has 1 fully saturated rings. The lowest BCUT2D eigenvalue weighted by Gasteiger charge is -2.40. The van der Waals surface area contributed by atoms with Crippen molar-refractivity contribution in [3.8, 4) is 0 Å². The Hall–Kier alpha value is -1.37. The summed E-state index contributed by atoms with van der Waals surface area (Å²) in [6, 6.07) is -0.990. The smallest absolute Gasteiger partial charge is 0.249 e. The Bertz CT molecular complexity index is 855. The average Bonchev–Trinajstić information content (AvgIpc) is 3.11. The van der Waals surface area contributed by atoms with Crippen molar-refractivity contribution in [1.82, 2.24) is 5.32 Å². The standard InChI is InChI=1S/C40H75NO9/c1-3-5-7-9-11-13-15-16-17-18-19-21-22-24-26-28-33(43)32(31-49-40-38(47)37(46)36(45)35(30-42)50-40)41-39(48)34(44)29-27-25-23-20-14-12-10-8-6-4-2/h19,21,26,28,32-38,40,42-47H,3-18,20,22-25,27,29-31H2,1-2H3,(H,41,48)/b21-19+,28-26+. The van der Waals surface area contributed by atoms with Crippen molar-refractivity contribution in [3.63, 3.8) is 0 Å². The van der Waals surface area contributed by atoms with E-state index in [1.54, 1.807) is 6.08 Å².